The fourth-order valence-corrected chi connectivity index (χ4v) is 2.98. The van der Waals surface area contributed by atoms with E-state index in [0.29, 0.717) is 21.9 Å². The molecule has 122 valence electrons. The molecule has 0 N–H and O–H groups in total. The van der Waals surface area contributed by atoms with Gasteiger partial charge in [-0.05, 0) is 29.3 Å². The summed E-state index contributed by atoms with van der Waals surface area (Å²) in [7, 11) is 1.55. The van der Waals surface area contributed by atoms with E-state index >= 15 is 0 Å². The molecule has 2 aromatic carbocycles. The van der Waals surface area contributed by atoms with Gasteiger partial charge in [-0.1, -0.05) is 53.5 Å². The Bertz CT molecular complexity index is 844. The van der Waals surface area contributed by atoms with E-state index in [4.69, 9.17) is 27.9 Å². The summed E-state index contributed by atoms with van der Waals surface area (Å²) in [6, 6.07) is 13.9. The van der Waals surface area contributed by atoms with Gasteiger partial charge < -0.3 is 4.74 Å². The second kappa shape index (κ2) is 6.67. The first-order valence-electron chi connectivity index (χ1n) is 7.16. The van der Waals surface area contributed by atoms with Gasteiger partial charge in [0.1, 0.15) is 10.8 Å². The zero-order valence-corrected chi connectivity index (χ0v) is 14.3. The number of imide groups is 1. The molecule has 1 aliphatic heterocycles. The lowest BCUT2D eigenvalue weighted by Gasteiger charge is -2.15. The summed E-state index contributed by atoms with van der Waals surface area (Å²) in [5.41, 5.74) is 1.44. The highest BCUT2D eigenvalue weighted by atomic mass is 35.5. The van der Waals surface area contributed by atoms with Gasteiger partial charge in [-0.15, -0.1) is 0 Å². The molecular weight excluding hydrogens is 349 g/mol. The maximum Gasteiger partial charge on any atom is 0.273 e. The third-order valence-corrected chi connectivity index (χ3v) is 4.50. The van der Waals surface area contributed by atoms with Crippen molar-refractivity contribution in [1.82, 2.24) is 4.90 Å². The van der Waals surface area contributed by atoms with E-state index in [-0.39, 0.29) is 17.2 Å². The number of methoxy groups -OCH3 is 1. The van der Waals surface area contributed by atoms with E-state index in [2.05, 4.69) is 0 Å². The fraction of sp³-hybridized carbons (Fsp3) is 0.111. The Morgan fingerprint density at radius 1 is 0.958 bits per heavy atom. The molecule has 2 amide bonds. The highest BCUT2D eigenvalue weighted by Gasteiger charge is 2.38. The zero-order chi connectivity index (χ0) is 17.3. The Morgan fingerprint density at radius 2 is 1.62 bits per heavy atom. The molecule has 0 saturated carbocycles. The highest BCUT2D eigenvalue weighted by molar-refractivity contribution is 6.55. The number of hydrogen-bond acceptors (Lipinski definition) is 3. The second-order valence-corrected chi connectivity index (χ2v) is 5.99. The van der Waals surface area contributed by atoms with Crippen LogP contribution in [0.2, 0.25) is 5.02 Å². The summed E-state index contributed by atoms with van der Waals surface area (Å²) < 4.78 is 5.09. The highest BCUT2D eigenvalue weighted by Crippen LogP contribution is 2.34. The largest absolute Gasteiger partial charge is 0.497 e. The Kier molecular flexibility index (Phi) is 4.60. The molecule has 0 spiro atoms. The lowest BCUT2D eigenvalue weighted by atomic mass is 10.1. The Hall–Kier alpha value is -2.30. The number of hydrogen-bond donors (Lipinski definition) is 0. The first-order valence-corrected chi connectivity index (χ1v) is 7.92. The van der Waals surface area contributed by atoms with Crippen LogP contribution in [0.25, 0.3) is 5.57 Å². The molecule has 24 heavy (non-hydrogen) atoms. The van der Waals surface area contributed by atoms with E-state index < -0.39 is 11.8 Å². The number of benzene rings is 2. The van der Waals surface area contributed by atoms with Crippen LogP contribution in [0.5, 0.6) is 5.75 Å². The molecule has 6 heteroatoms. The number of ether oxygens (including phenoxy) is 1. The summed E-state index contributed by atoms with van der Waals surface area (Å²) in [4.78, 5) is 26.2. The lowest BCUT2D eigenvalue weighted by molar-refractivity contribution is -0.137. The van der Waals surface area contributed by atoms with Gasteiger partial charge in [0.15, 0.2) is 0 Å². The normalized spacial score (nSPS) is 14.5. The first-order chi connectivity index (χ1) is 11.5. The molecule has 3 rings (SSSR count). The molecule has 0 aliphatic carbocycles. The summed E-state index contributed by atoms with van der Waals surface area (Å²) in [6.45, 7) is 0.0766. The molecule has 0 aromatic heterocycles. The van der Waals surface area contributed by atoms with Gasteiger partial charge in [0.2, 0.25) is 0 Å². The van der Waals surface area contributed by atoms with Gasteiger partial charge in [-0.2, -0.15) is 0 Å². The molecule has 0 fully saturated rings. The summed E-state index contributed by atoms with van der Waals surface area (Å²) >= 11 is 12.2. The Labute approximate surface area is 149 Å². The van der Waals surface area contributed by atoms with Crippen LogP contribution in [0.15, 0.2) is 53.6 Å². The van der Waals surface area contributed by atoms with Crippen LogP contribution in [0.3, 0.4) is 0 Å². The van der Waals surface area contributed by atoms with Gasteiger partial charge in [0.05, 0.1) is 19.2 Å². The number of nitrogens with zero attached hydrogens (tertiary/aromatic N) is 1. The van der Waals surface area contributed by atoms with Gasteiger partial charge in [0, 0.05) is 5.02 Å². The standard InChI is InChI=1S/C18H13Cl2NO3/c1-24-13-8-6-11(7-9-13)15-16(20)18(23)21(17(15)22)10-12-4-2-3-5-14(12)19/h2-9H,10H2,1H3. The summed E-state index contributed by atoms with van der Waals surface area (Å²) in [5, 5.41) is 0.407. The Balaban J connectivity index is 1.91. The van der Waals surface area contributed by atoms with Crippen LogP contribution in [-0.4, -0.2) is 23.8 Å². The molecule has 0 radical (unpaired) electrons. The van der Waals surface area contributed by atoms with E-state index in [9.17, 15) is 9.59 Å². The number of amides is 2. The van der Waals surface area contributed by atoms with E-state index in [1.165, 1.54) is 0 Å². The topological polar surface area (TPSA) is 46.6 Å². The van der Waals surface area contributed by atoms with Crippen LogP contribution < -0.4 is 4.74 Å². The summed E-state index contributed by atoms with van der Waals surface area (Å²) in [6.07, 6.45) is 0. The maximum absolute atomic E-state index is 12.7. The van der Waals surface area contributed by atoms with E-state index in [0.717, 1.165) is 4.90 Å². The number of carbonyl (C=O) groups is 2. The monoisotopic (exact) mass is 361 g/mol. The Morgan fingerprint density at radius 3 is 2.25 bits per heavy atom. The molecule has 1 aliphatic rings. The molecule has 0 unspecified atom stereocenters. The minimum absolute atomic E-state index is 0.0766. The minimum Gasteiger partial charge on any atom is -0.497 e. The zero-order valence-electron chi connectivity index (χ0n) is 12.8. The number of carbonyl (C=O) groups excluding carboxylic acids is 2. The van der Waals surface area contributed by atoms with Crippen molar-refractivity contribution in [1.29, 1.82) is 0 Å². The SMILES string of the molecule is COc1ccc(C2=C(Cl)C(=O)N(Cc3ccccc3Cl)C2=O)cc1. The lowest BCUT2D eigenvalue weighted by Crippen LogP contribution is -2.30. The number of rotatable bonds is 4. The van der Waals surface area contributed by atoms with Crippen LogP contribution in [0, 0.1) is 0 Å². The van der Waals surface area contributed by atoms with E-state index in [1.54, 1.807) is 55.6 Å². The predicted molar refractivity (Wildman–Crippen MR) is 92.8 cm³/mol. The fourth-order valence-electron chi connectivity index (χ4n) is 2.49. The van der Waals surface area contributed by atoms with Crippen molar-refractivity contribution in [2.45, 2.75) is 6.54 Å². The van der Waals surface area contributed by atoms with Crippen LogP contribution in [0.4, 0.5) is 0 Å². The first kappa shape index (κ1) is 16.6. The molecule has 4 nitrogen and oxygen atoms in total. The van der Waals surface area contributed by atoms with Crippen molar-refractivity contribution in [3.63, 3.8) is 0 Å². The minimum atomic E-state index is -0.521. The van der Waals surface area contributed by atoms with Crippen molar-refractivity contribution in [2.24, 2.45) is 0 Å². The third-order valence-electron chi connectivity index (χ3n) is 3.78. The van der Waals surface area contributed by atoms with Crippen molar-refractivity contribution in [3.8, 4) is 5.75 Å². The summed E-state index contributed by atoms with van der Waals surface area (Å²) in [5.74, 6) is -0.303. The van der Waals surface area contributed by atoms with Crippen molar-refractivity contribution in [2.75, 3.05) is 7.11 Å². The molecule has 0 bridgehead atoms. The number of halogens is 2. The van der Waals surface area contributed by atoms with Crippen molar-refractivity contribution >= 4 is 40.6 Å². The quantitative estimate of drug-likeness (QED) is 0.776. The van der Waals surface area contributed by atoms with Crippen LogP contribution >= 0.6 is 23.2 Å². The maximum atomic E-state index is 12.7. The average molecular weight is 362 g/mol. The van der Waals surface area contributed by atoms with Crippen LogP contribution in [0.1, 0.15) is 11.1 Å². The van der Waals surface area contributed by atoms with E-state index in [1.807, 2.05) is 0 Å². The van der Waals surface area contributed by atoms with Crippen LogP contribution in [-0.2, 0) is 16.1 Å². The smallest absolute Gasteiger partial charge is 0.273 e. The molecule has 0 atom stereocenters. The second-order valence-electron chi connectivity index (χ2n) is 5.21. The van der Waals surface area contributed by atoms with Gasteiger partial charge >= 0.3 is 0 Å². The van der Waals surface area contributed by atoms with Crippen molar-refractivity contribution < 1.29 is 14.3 Å². The molecular formula is C18H13Cl2NO3. The third kappa shape index (κ3) is 2.90. The predicted octanol–water partition coefficient (Wildman–Crippen LogP) is 3.87. The van der Waals surface area contributed by atoms with Gasteiger partial charge in [-0.3, -0.25) is 14.5 Å². The molecule has 1 heterocycles. The van der Waals surface area contributed by atoms with Gasteiger partial charge in [-0.25, -0.2) is 0 Å². The van der Waals surface area contributed by atoms with Crippen molar-refractivity contribution in [3.05, 3.63) is 69.7 Å². The average Bonchev–Trinajstić information content (AvgIpc) is 2.80. The molecule has 0 saturated heterocycles. The van der Waals surface area contributed by atoms with Gasteiger partial charge in [0.25, 0.3) is 11.8 Å². The molecule has 2 aromatic rings.